The first-order chi connectivity index (χ1) is 19.9. The molecule has 0 saturated heterocycles. The summed E-state index contributed by atoms with van der Waals surface area (Å²) in [5.74, 6) is -1.34. The van der Waals surface area contributed by atoms with Crippen molar-refractivity contribution in [1.82, 2.24) is 5.32 Å². The zero-order valence-corrected chi connectivity index (χ0v) is 23.5. The molecule has 42 heavy (non-hydrogen) atoms. The molecule has 4 aromatic carbocycles. The molecule has 0 fully saturated rings. The third-order valence-corrected chi connectivity index (χ3v) is 8.24. The number of amides is 2. The maximum absolute atomic E-state index is 13.6. The second-order valence-corrected chi connectivity index (χ2v) is 11.4. The van der Waals surface area contributed by atoms with Crippen LogP contribution in [0.25, 0.3) is 0 Å². The van der Waals surface area contributed by atoms with Gasteiger partial charge in [-0.2, -0.15) is 13.2 Å². The first kappa shape index (κ1) is 30.3. The first-order valence-corrected chi connectivity index (χ1v) is 14.3. The number of halogens is 3. The molecule has 0 unspecified atom stereocenters. The average molecular weight is 596 g/mol. The summed E-state index contributed by atoms with van der Waals surface area (Å²) in [4.78, 5) is 26.2. The van der Waals surface area contributed by atoms with Crippen molar-refractivity contribution in [1.29, 1.82) is 0 Å². The molecule has 0 spiro atoms. The summed E-state index contributed by atoms with van der Waals surface area (Å²) < 4.78 is 68.3. The number of carbonyl (C=O) groups is 2. The van der Waals surface area contributed by atoms with E-state index in [-0.39, 0.29) is 27.9 Å². The second kappa shape index (κ2) is 12.5. The summed E-state index contributed by atoms with van der Waals surface area (Å²) in [6.45, 7) is 2.70. The third kappa shape index (κ3) is 7.16. The summed E-state index contributed by atoms with van der Waals surface area (Å²) in [7, 11) is -4.47. The number of nitrogens with one attached hydrogen (secondary N) is 2. The molecule has 0 radical (unpaired) electrons. The predicted molar refractivity (Wildman–Crippen MR) is 155 cm³/mol. The Bertz CT molecular complexity index is 1680. The van der Waals surface area contributed by atoms with Crippen molar-refractivity contribution in [2.45, 2.75) is 31.0 Å². The van der Waals surface area contributed by atoms with Gasteiger partial charge < -0.3 is 10.6 Å². The SMILES string of the molecule is Cc1ccc(S(=O)(=O)N(CC(=O)Nc2ccccc2C(=O)N[C@H](C)c2ccccc2)c2cccc(C(F)(F)F)c2)cc1. The van der Waals surface area contributed by atoms with Crippen LogP contribution in [0.4, 0.5) is 24.5 Å². The van der Waals surface area contributed by atoms with Gasteiger partial charge in [-0.3, -0.25) is 13.9 Å². The summed E-state index contributed by atoms with van der Waals surface area (Å²) >= 11 is 0. The van der Waals surface area contributed by atoms with Crippen LogP contribution in [-0.2, 0) is 21.0 Å². The van der Waals surface area contributed by atoms with Crippen molar-refractivity contribution in [3.05, 3.63) is 125 Å². The van der Waals surface area contributed by atoms with E-state index in [1.807, 2.05) is 30.3 Å². The standard InChI is InChI=1S/C31H28F3N3O4S/c1-21-15-17-26(18-16-21)42(40,41)37(25-12-8-11-24(19-25)31(32,33)34)20-29(38)36-28-14-7-6-13-27(28)30(39)35-22(2)23-9-4-3-5-10-23/h3-19,22H,20H2,1-2H3,(H,35,39)(H,36,38)/t22-/m1/s1. The predicted octanol–water partition coefficient (Wildman–Crippen LogP) is 6.34. The largest absolute Gasteiger partial charge is 0.416 e. The van der Waals surface area contributed by atoms with Gasteiger partial charge in [-0.05, 0) is 61.9 Å². The van der Waals surface area contributed by atoms with Gasteiger partial charge in [0.2, 0.25) is 5.91 Å². The number of anilines is 2. The highest BCUT2D eigenvalue weighted by atomic mass is 32.2. The van der Waals surface area contributed by atoms with E-state index in [0.29, 0.717) is 10.4 Å². The Morgan fingerprint density at radius 3 is 2.17 bits per heavy atom. The molecule has 0 aliphatic heterocycles. The number of carbonyl (C=O) groups excluding carboxylic acids is 2. The third-order valence-electron chi connectivity index (χ3n) is 6.45. The van der Waals surface area contributed by atoms with Gasteiger partial charge in [0.1, 0.15) is 6.54 Å². The molecular formula is C31H28F3N3O4S. The lowest BCUT2D eigenvalue weighted by Gasteiger charge is -2.25. The Kier molecular flexibility index (Phi) is 9.01. The summed E-state index contributed by atoms with van der Waals surface area (Å²) in [5, 5.41) is 5.41. The minimum atomic E-state index is -4.74. The lowest BCUT2D eigenvalue weighted by Crippen LogP contribution is -2.38. The van der Waals surface area contributed by atoms with E-state index in [9.17, 15) is 31.2 Å². The van der Waals surface area contributed by atoms with E-state index >= 15 is 0 Å². The van der Waals surface area contributed by atoms with Crippen LogP contribution < -0.4 is 14.9 Å². The van der Waals surface area contributed by atoms with E-state index in [1.165, 1.54) is 30.3 Å². The van der Waals surface area contributed by atoms with E-state index in [0.717, 1.165) is 23.3 Å². The van der Waals surface area contributed by atoms with Crippen molar-refractivity contribution in [3.63, 3.8) is 0 Å². The van der Waals surface area contributed by atoms with Crippen LogP contribution in [0.15, 0.2) is 108 Å². The number of hydrogen-bond donors (Lipinski definition) is 2. The zero-order valence-electron chi connectivity index (χ0n) is 22.7. The van der Waals surface area contributed by atoms with Crippen molar-refractivity contribution >= 4 is 33.2 Å². The summed E-state index contributed by atoms with van der Waals surface area (Å²) in [6.07, 6.45) is -4.74. The molecule has 218 valence electrons. The highest BCUT2D eigenvalue weighted by molar-refractivity contribution is 7.92. The van der Waals surface area contributed by atoms with Crippen molar-refractivity contribution in [2.75, 3.05) is 16.2 Å². The van der Waals surface area contributed by atoms with Gasteiger partial charge in [0.15, 0.2) is 0 Å². The number of aryl methyl sites for hydroxylation is 1. The Balaban J connectivity index is 1.63. The quantitative estimate of drug-likeness (QED) is 0.236. The van der Waals surface area contributed by atoms with E-state index < -0.39 is 40.1 Å². The fourth-order valence-corrected chi connectivity index (χ4v) is 5.61. The van der Waals surface area contributed by atoms with Crippen molar-refractivity contribution < 1.29 is 31.2 Å². The van der Waals surface area contributed by atoms with Crippen molar-refractivity contribution in [3.8, 4) is 0 Å². The Morgan fingerprint density at radius 1 is 0.857 bits per heavy atom. The van der Waals surface area contributed by atoms with Gasteiger partial charge in [-0.1, -0.05) is 66.2 Å². The number of benzene rings is 4. The van der Waals surface area contributed by atoms with Crippen LogP contribution in [0.5, 0.6) is 0 Å². The number of nitrogens with zero attached hydrogens (tertiary/aromatic N) is 1. The molecule has 0 saturated carbocycles. The molecule has 7 nitrogen and oxygen atoms in total. The topological polar surface area (TPSA) is 95.6 Å². The molecule has 4 rings (SSSR count). The Morgan fingerprint density at radius 2 is 1.50 bits per heavy atom. The lowest BCUT2D eigenvalue weighted by atomic mass is 10.1. The molecule has 0 aliphatic carbocycles. The number of sulfonamides is 1. The molecule has 11 heteroatoms. The normalized spacial score (nSPS) is 12.3. The van der Waals surface area contributed by atoms with Crippen LogP contribution in [0, 0.1) is 6.92 Å². The summed E-state index contributed by atoms with van der Waals surface area (Å²) in [6, 6.07) is 24.5. The van der Waals surface area contributed by atoms with E-state index in [1.54, 1.807) is 38.1 Å². The number of hydrogen-bond acceptors (Lipinski definition) is 4. The van der Waals surface area contributed by atoms with Crippen LogP contribution in [0.1, 0.15) is 40.0 Å². The van der Waals surface area contributed by atoms with Crippen LogP contribution in [0.2, 0.25) is 0 Å². The van der Waals surface area contributed by atoms with Gasteiger partial charge in [0, 0.05) is 0 Å². The minimum Gasteiger partial charge on any atom is -0.345 e. The Hall–Kier alpha value is -4.64. The first-order valence-electron chi connectivity index (χ1n) is 12.9. The number of para-hydroxylation sites is 1. The molecule has 2 amide bonds. The molecule has 0 heterocycles. The average Bonchev–Trinajstić information content (AvgIpc) is 2.96. The van der Waals surface area contributed by atoms with Gasteiger partial charge in [0.25, 0.3) is 15.9 Å². The number of rotatable bonds is 9. The second-order valence-electron chi connectivity index (χ2n) is 9.57. The molecule has 1 atom stereocenters. The number of alkyl halides is 3. The highest BCUT2D eigenvalue weighted by Gasteiger charge is 2.33. The fourth-order valence-electron chi connectivity index (χ4n) is 4.20. The molecule has 0 aliphatic rings. The highest BCUT2D eigenvalue weighted by Crippen LogP contribution is 2.33. The smallest absolute Gasteiger partial charge is 0.345 e. The van der Waals surface area contributed by atoms with E-state index in [2.05, 4.69) is 10.6 Å². The van der Waals surface area contributed by atoms with Gasteiger partial charge in [-0.25, -0.2) is 8.42 Å². The van der Waals surface area contributed by atoms with Gasteiger partial charge in [-0.15, -0.1) is 0 Å². The van der Waals surface area contributed by atoms with Gasteiger partial charge in [0.05, 0.1) is 33.4 Å². The fraction of sp³-hybridized carbons (Fsp3) is 0.161. The monoisotopic (exact) mass is 595 g/mol. The van der Waals surface area contributed by atoms with Crippen LogP contribution in [0.3, 0.4) is 0 Å². The van der Waals surface area contributed by atoms with Gasteiger partial charge >= 0.3 is 6.18 Å². The maximum Gasteiger partial charge on any atom is 0.416 e. The molecule has 0 bridgehead atoms. The minimum absolute atomic E-state index is 0.108. The summed E-state index contributed by atoms with van der Waals surface area (Å²) in [5.41, 5.74) is 0.458. The lowest BCUT2D eigenvalue weighted by molar-refractivity contribution is -0.137. The molecule has 2 N–H and O–H groups in total. The van der Waals surface area contributed by atoms with E-state index in [4.69, 9.17) is 0 Å². The molecule has 0 aromatic heterocycles. The maximum atomic E-state index is 13.6. The zero-order chi connectivity index (χ0) is 30.5. The molecule has 4 aromatic rings. The van der Waals surface area contributed by atoms with Crippen molar-refractivity contribution in [2.24, 2.45) is 0 Å². The van der Waals surface area contributed by atoms with Crippen LogP contribution >= 0.6 is 0 Å². The molecular weight excluding hydrogens is 567 g/mol. The van der Waals surface area contributed by atoms with Crippen LogP contribution in [-0.4, -0.2) is 26.8 Å². The Labute approximate surface area is 242 Å².